The van der Waals surface area contributed by atoms with Crippen LogP contribution in [-0.4, -0.2) is 22.1 Å². The minimum Gasteiger partial charge on any atom is -0.310 e. The van der Waals surface area contributed by atoms with Gasteiger partial charge in [0, 0.05) is 12.0 Å². The zero-order chi connectivity index (χ0) is 11.9. The summed E-state index contributed by atoms with van der Waals surface area (Å²) in [6.45, 7) is 0. The van der Waals surface area contributed by atoms with Crippen molar-refractivity contribution in [2.45, 2.75) is 18.5 Å². The van der Waals surface area contributed by atoms with E-state index in [1.807, 2.05) is 0 Å². The minimum atomic E-state index is -4.54. The number of alkyl halides is 3. The molecule has 0 radical (unpaired) electrons. The van der Waals surface area contributed by atoms with Crippen LogP contribution in [-0.2, 0) is 4.79 Å². The second-order valence-electron chi connectivity index (χ2n) is 3.27. The molecule has 0 spiro atoms. The Morgan fingerprint density at radius 3 is 2.75 bits per heavy atom. The Labute approximate surface area is 92.8 Å². The van der Waals surface area contributed by atoms with Gasteiger partial charge in [-0.25, -0.2) is 9.97 Å². The predicted molar refractivity (Wildman–Crippen MR) is 49.1 cm³/mol. The van der Waals surface area contributed by atoms with Crippen LogP contribution in [0.15, 0.2) is 6.33 Å². The van der Waals surface area contributed by atoms with Crippen molar-refractivity contribution in [1.29, 1.82) is 0 Å². The van der Waals surface area contributed by atoms with Crippen molar-refractivity contribution in [2.24, 2.45) is 0 Å². The molecule has 0 aliphatic carbocycles. The number of nitrogens with one attached hydrogen (secondary N) is 1. The highest BCUT2D eigenvalue weighted by molar-refractivity contribution is 6.30. The zero-order valence-electron chi connectivity index (χ0n) is 7.68. The third-order valence-electron chi connectivity index (χ3n) is 2.23. The fourth-order valence-corrected chi connectivity index (χ4v) is 1.80. The number of amides is 1. The molecule has 1 aliphatic rings. The SMILES string of the molecule is O=C1CC(C(F)(F)F)c2c(Cl)ncnc2N1. The van der Waals surface area contributed by atoms with Crippen LogP contribution in [0.2, 0.25) is 5.15 Å². The molecule has 8 heteroatoms. The molecule has 1 unspecified atom stereocenters. The summed E-state index contributed by atoms with van der Waals surface area (Å²) in [5.74, 6) is -2.84. The molecule has 1 atom stereocenters. The van der Waals surface area contributed by atoms with E-state index < -0.39 is 24.4 Å². The van der Waals surface area contributed by atoms with Crippen molar-refractivity contribution >= 4 is 23.3 Å². The summed E-state index contributed by atoms with van der Waals surface area (Å²) in [7, 11) is 0. The lowest BCUT2D eigenvalue weighted by Gasteiger charge is -2.26. The number of fused-ring (bicyclic) bond motifs is 1. The van der Waals surface area contributed by atoms with Gasteiger partial charge in [0.2, 0.25) is 5.91 Å². The molecule has 2 heterocycles. The third-order valence-corrected chi connectivity index (χ3v) is 2.53. The van der Waals surface area contributed by atoms with E-state index in [0.29, 0.717) is 0 Å². The Kier molecular flexibility index (Phi) is 2.49. The molecule has 1 aromatic rings. The first-order chi connectivity index (χ1) is 7.39. The maximum Gasteiger partial charge on any atom is 0.396 e. The van der Waals surface area contributed by atoms with Crippen LogP contribution in [0.4, 0.5) is 19.0 Å². The van der Waals surface area contributed by atoms with E-state index in [9.17, 15) is 18.0 Å². The average Bonchev–Trinajstić information content (AvgIpc) is 2.15. The summed E-state index contributed by atoms with van der Waals surface area (Å²) in [5.41, 5.74) is -0.267. The van der Waals surface area contributed by atoms with Gasteiger partial charge in [0.05, 0.1) is 5.92 Å². The highest BCUT2D eigenvalue weighted by Crippen LogP contribution is 2.44. The van der Waals surface area contributed by atoms with Crippen LogP contribution < -0.4 is 5.32 Å². The summed E-state index contributed by atoms with van der Waals surface area (Å²) >= 11 is 5.59. The largest absolute Gasteiger partial charge is 0.396 e. The van der Waals surface area contributed by atoms with Crippen molar-refractivity contribution < 1.29 is 18.0 Å². The van der Waals surface area contributed by atoms with Crippen LogP contribution in [0.1, 0.15) is 17.9 Å². The van der Waals surface area contributed by atoms with Crippen molar-refractivity contribution in [2.75, 3.05) is 5.32 Å². The summed E-state index contributed by atoms with van der Waals surface area (Å²) in [4.78, 5) is 18.1. The molecule has 1 aliphatic heterocycles. The quantitative estimate of drug-likeness (QED) is 0.719. The topological polar surface area (TPSA) is 54.9 Å². The maximum atomic E-state index is 12.7. The van der Waals surface area contributed by atoms with Crippen molar-refractivity contribution in [3.05, 3.63) is 17.0 Å². The standard InChI is InChI=1S/C8H5ClF3N3O/c9-6-5-3(8(10,11)12)1-4(16)15-7(5)14-2-13-6/h2-3H,1H2,(H,13,14,15,16). The number of carbonyl (C=O) groups is 1. The number of aromatic nitrogens is 2. The molecule has 1 amide bonds. The van der Waals surface area contributed by atoms with Gasteiger partial charge in [-0.3, -0.25) is 4.79 Å². The van der Waals surface area contributed by atoms with Crippen molar-refractivity contribution in [1.82, 2.24) is 9.97 Å². The highest BCUT2D eigenvalue weighted by Gasteiger charge is 2.47. The van der Waals surface area contributed by atoms with Gasteiger partial charge in [-0.15, -0.1) is 0 Å². The van der Waals surface area contributed by atoms with Crippen LogP contribution in [0.5, 0.6) is 0 Å². The van der Waals surface area contributed by atoms with Crippen LogP contribution in [0, 0.1) is 0 Å². The third kappa shape index (κ3) is 1.82. The number of halogens is 4. The summed E-state index contributed by atoms with van der Waals surface area (Å²) in [5, 5.41) is 1.94. The molecule has 4 nitrogen and oxygen atoms in total. The monoisotopic (exact) mass is 251 g/mol. The maximum absolute atomic E-state index is 12.7. The zero-order valence-corrected chi connectivity index (χ0v) is 8.43. The first-order valence-electron chi connectivity index (χ1n) is 4.26. The molecule has 0 bridgehead atoms. The Morgan fingerprint density at radius 1 is 1.44 bits per heavy atom. The molecule has 0 saturated heterocycles. The molecular weight excluding hydrogens is 247 g/mol. The van der Waals surface area contributed by atoms with Gasteiger partial charge in [0.25, 0.3) is 0 Å². The molecule has 1 N–H and O–H groups in total. The normalized spacial score (nSPS) is 20.2. The van der Waals surface area contributed by atoms with Gasteiger partial charge in [-0.2, -0.15) is 13.2 Å². The highest BCUT2D eigenvalue weighted by atomic mass is 35.5. The molecule has 86 valence electrons. The van der Waals surface area contributed by atoms with Gasteiger partial charge in [-0.1, -0.05) is 11.6 Å². The van der Waals surface area contributed by atoms with E-state index in [-0.39, 0.29) is 16.5 Å². The lowest BCUT2D eigenvalue weighted by atomic mass is 9.93. The number of hydrogen-bond donors (Lipinski definition) is 1. The smallest absolute Gasteiger partial charge is 0.310 e. The number of hydrogen-bond acceptors (Lipinski definition) is 3. The predicted octanol–water partition coefficient (Wildman–Crippen LogP) is 2.12. The Bertz CT molecular complexity index is 449. The lowest BCUT2D eigenvalue weighted by molar-refractivity contribution is -0.156. The Balaban J connectivity index is 2.56. The van der Waals surface area contributed by atoms with Gasteiger partial charge in [0.15, 0.2) is 0 Å². The second-order valence-corrected chi connectivity index (χ2v) is 3.63. The first kappa shape index (κ1) is 11.1. The summed E-state index contributed by atoms with van der Waals surface area (Å²) in [6, 6.07) is 0. The van der Waals surface area contributed by atoms with Crippen LogP contribution in [0.25, 0.3) is 0 Å². The number of anilines is 1. The second kappa shape index (κ2) is 3.58. The summed E-state index contributed by atoms with van der Waals surface area (Å²) < 4.78 is 38.0. The Morgan fingerprint density at radius 2 is 2.12 bits per heavy atom. The fraction of sp³-hybridized carbons (Fsp3) is 0.375. The fourth-order valence-electron chi connectivity index (χ4n) is 1.53. The van der Waals surface area contributed by atoms with Crippen molar-refractivity contribution in [3.8, 4) is 0 Å². The van der Waals surface area contributed by atoms with E-state index in [1.54, 1.807) is 0 Å². The summed E-state index contributed by atoms with van der Waals surface area (Å²) in [6.07, 6.45) is -4.23. The van der Waals surface area contributed by atoms with Gasteiger partial charge in [0.1, 0.15) is 17.3 Å². The van der Waals surface area contributed by atoms with Gasteiger partial charge < -0.3 is 5.32 Å². The van der Waals surface area contributed by atoms with Gasteiger partial charge in [-0.05, 0) is 0 Å². The first-order valence-corrected chi connectivity index (χ1v) is 4.64. The molecule has 0 fully saturated rings. The van der Waals surface area contributed by atoms with E-state index in [0.717, 1.165) is 6.33 Å². The van der Waals surface area contributed by atoms with E-state index in [2.05, 4.69) is 15.3 Å². The number of carbonyl (C=O) groups excluding carboxylic acids is 1. The molecule has 0 aromatic carbocycles. The molecule has 2 rings (SSSR count). The van der Waals surface area contributed by atoms with E-state index in [1.165, 1.54) is 0 Å². The number of nitrogens with zero attached hydrogens (tertiary/aromatic N) is 2. The molecule has 0 saturated carbocycles. The molecular formula is C8H5ClF3N3O. The van der Waals surface area contributed by atoms with Crippen molar-refractivity contribution in [3.63, 3.8) is 0 Å². The molecule has 16 heavy (non-hydrogen) atoms. The minimum absolute atomic E-state index is 0.168. The van der Waals surface area contributed by atoms with Crippen LogP contribution >= 0.6 is 11.6 Å². The lowest BCUT2D eigenvalue weighted by Crippen LogP contribution is -2.32. The Hall–Kier alpha value is -1.37. The average molecular weight is 252 g/mol. The molecule has 1 aromatic heterocycles. The number of rotatable bonds is 0. The van der Waals surface area contributed by atoms with E-state index in [4.69, 9.17) is 11.6 Å². The van der Waals surface area contributed by atoms with Crippen LogP contribution in [0.3, 0.4) is 0 Å². The van der Waals surface area contributed by atoms with E-state index >= 15 is 0 Å². The van der Waals surface area contributed by atoms with Gasteiger partial charge >= 0.3 is 6.18 Å².